The van der Waals surface area contributed by atoms with Crippen molar-refractivity contribution in [3.05, 3.63) is 83.4 Å². The summed E-state index contributed by atoms with van der Waals surface area (Å²) in [4.78, 5) is 7.37. The number of aryl methyl sites for hydroxylation is 1. The molecule has 1 N–H and O–H groups in total. The van der Waals surface area contributed by atoms with Gasteiger partial charge in [0.25, 0.3) is 0 Å². The van der Waals surface area contributed by atoms with E-state index in [-0.39, 0.29) is 24.0 Å². The smallest absolute Gasteiger partial charge is 0.194 e. The van der Waals surface area contributed by atoms with Crippen LogP contribution in [0.2, 0.25) is 0 Å². The molecule has 7 heteroatoms. The standard InChI is InChI=1S/C25H32N6.HI/c1-19-18-31(15-14-23(19)22-12-8-5-9-13-22)25(26-16-21-10-6-4-7-11-21)27-17-24-29-28-20(2)30(24)3;/h4-13,19,23H,14-18H2,1-3H3,(H,26,27);1H. The Morgan fingerprint density at radius 3 is 2.38 bits per heavy atom. The molecule has 1 aliphatic heterocycles. The van der Waals surface area contributed by atoms with Gasteiger partial charge >= 0.3 is 0 Å². The van der Waals surface area contributed by atoms with Crippen LogP contribution in [0.5, 0.6) is 0 Å². The van der Waals surface area contributed by atoms with E-state index in [1.165, 1.54) is 11.1 Å². The molecule has 0 saturated carbocycles. The van der Waals surface area contributed by atoms with E-state index in [9.17, 15) is 0 Å². The van der Waals surface area contributed by atoms with Gasteiger partial charge in [-0.25, -0.2) is 4.99 Å². The topological polar surface area (TPSA) is 58.3 Å². The number of nitrogens with zero attached hydrogens (tertiary/aromatic N) is 5. The normalized spacial score (nSPS) is 18.8. The van der Waals surface area contributed by atoms with Gasteiger partial charge in [-0.1, -0.05) is 67.6 Å². The molecule has 0 radical (unpaired) electrons. The van der Waals surface area contributed by atoms with Crippen LogP contribution in [0.4, 0.5) is 0 Å². The summed E-state index contributed by atoms with van der Waals surface area (Å²) in [6, 6.07) is 21.3. The van der Waals surface area contributed by atoms with Crippen LogP contribution in [0.3, 0.4) is 0 Å². The van der Waals surface area contributed by atoms with Crippen LogP contribution in [0.25, 0.3) is 0 Å². The van der Waals surface area contributed by atoms with E-state index in [1.807, 2.05) is 24.6 Å². The summed E-state index contributed by atoms with van der Waals surface area (Å²) >= 11 is 0. The number of hydrogen-bond donors (Lipinski definition) is 1. The third-order valence-electron chi connectivity index (χ3n) is 6.27. The van der Waals surface area contributed by atoms with Crippen LogP contribution in [-0.2, 0) is 20.1 Å². The van der Waals surface area contributed by atoms with E-state index in [2.05, 4.69) is 81.9 Å². The van der Waals surface area contributed by atoms with Crippen LogP contribution in [0, 0.1) is 12.8 Å². The minimum absolute atomic E-state index is 0. The summed E-state index contributed by atoms with van der Waals surface area (Å²) in [5, 5.41) is 12.0. The number of piperidine rings is 1. The number of nitrogens with one attached hydrogen (secondary N) is 1. The second-order valence-corrected chi connectivity index (χ2v) is 8.43. The lowest BCUT2D eigenvalue weighted by molar-refractivity contribution is 0.234. The van der Waals surface area contributed by atoms with Gasteiger partial charge in [0.15, 0.2) is 11.8 Å². The first-order chi connectivity index (χ1) is 15.1. The Balaban J connectivity index is 0.00000289. The number of aromatic nitrogens is 3. The second-order valence-electron chi connectivity index (χ2n) is 8.43. The molecular formula is C25H33IN6. The minimum atomic E-state index is 0. The molecule has 4 rings (SSSR count). The van der Waals surface area contributed by atoms with Crippen molar-refractivity contribution in [1.82, 2.24) is 25.0 Å². The molecule has 1 saturated heterocycles. The van der Waals surface area contributed by atoms with E-state index in [4.69, 9.17) is 4.99 Å². The van der Waals surface area contributed by atoms with Crippen molar-refractivity contribution < 1.29 is 0 Å². The Hall–Kier alpha value is -2.42. The van der Waals surface area contributed by atoms with Crippen molar-refractivity contribution in [3.8, 4) is 0 Å². The molecule has 1 fully saturated rings. The molecule has 0 aliphatic carbocycles. The van der Waals surface area contributed by atoms with Crippen LogP contribution in [0.15, 0.2) is 65.7 Å². The zero-order valence-electron chi connectivity index (χ0n) is 19.1. The van der Waals surface area contributed by atoms with Crippen LogP contribution in [0.1, 0.15) is 42.0 Å². The summed E-state index contributed by atoms with van der Waals surface area (Å²) < 4.78 is 2.02. The Morgan fingerprint density at radius 1 is 1.06 bits per heavy atom. The Labute approximate surface area is 208 Å². The zero-order chi connectivity index (χ0) is 21.6. The van der Waals surface area contributed by atoms with Crippen LogP contribution >= 0.6 is 24.0 Å². The Bertz CT molecular complexity index is 1000. The van der Waals surface area contributed by atoms with Gasteiger partial charge < -0.3 is 14.8 Å². The predicted octanol–water partition coefficient (Wildman–Crippen LogP) is 4.51. The van der Waals surface area contributed by atoms with Crippen molar-refractivity contribution in [2.75, 3.05) is 13.1 Å². The quantitative estimate of drug-likeness (QED) is 0.292. The largest absolute Gasteiger partial charge is 0.349 e. The van der Waals surface area contributed by atoms with Crippen molar-refractivity contribution in [2.24, 2.45) is 18.0 Å². The number of aliphatic imine (C=N–C) groups is 1. The van der Waals surface area contributed by atoms with Gasteiger partial charge in [-0.2, -0.15) is 0 Å². The first-order valence-electron chi connectivity index (χ1n) is 11.1. The molecule has 1 aromatic heterocycles. The zero-order valence-corrected chi connectivity index (χ0v) is 21.4. The van der Waals surface area contributed by atoms with Gasteiger partial charge in [-0.15, -0.1) is 34.2 Å². The number of rotatable bonds is 5. The molecule has 32 heavy (non-hydrogen) atoms. The Kier molecular flexibility index (Phi) is 8.67. The maximum atomic E-state index is 4.98. The predicted molar refractivity (Wildman–Crippen MR) is 140 cm³/mol. The summed E-state index contributed by atoms with van der Waals surface area (Å²) in [5.74, 6) is 3.92. The highest BCUT2D eigenvalue weighted by atomic mass is 127. The van der Waals surface area contributed by atoms with Crippen molar-refractivity contribution in [2.45, 2.75) is 39.3 Å². The number of hydrogen-bond acceptors (Lipinski definition) is 3. The minimum Gasteiger partial charge on any atom is -0.349 e. The second kappa shape index (κ2) is 11.4. The SMILES string of the molecule is Cc1nnc(CNC(=NCc2ccccc2)N2CCC(c3ccccc3)C(C)C2)n1C.I. The van der Waals surface area contributed by atoms with Crippen LogP contribution < -0.4 is 5.32 Å². The fourth-order valence-electron chi connectivity index (χ4n) is 4.31. The lowest BCUT2D eigenvalue weighted by Crippen LogP contribution is -2.48. The van der Waals surface area contributed by atoms with E-state index in [1.54, 1.807) is 0 Å². The average Bonchev–Trinajstić information content (AvgIpc) is 3.12. The van der Waals surface area contributed by atoms with E-state index in [0.717, 1.165) is 37.1 Å². The van der Waals surface area contributed by atoms with E-state index in [0.29, 0.717) is 24.9 Å². The first-order valence-corrected chi connectivity index (χ1v) is 11.1. The molecule has 6 nitrogen and oxygen atoms in total. The monoisotopic (exact) mass is 544 g/mol. The van der Waals surface area contributed by atoms with Crippen molar-refractivity contribution in [1.29, 1.82) is 0 Å². The van der Waals surface area contributed by atoms with Crippen molar-refractivity contribution >= 4 is 29.9 Å². The molecule has 0 amide bonds. The molecule has 2 heterocycles. The molecule has 3 aromatic rings. The number of guanidine groups is 1. The lowest BCUT2D eigenvalue weighted by Gasteiger charge is -2.39. The van der Waals surface area contributed by atoms with E-state index >= 15 is 0 Å². The van der Waals surface area contributed by atoms with Crippen LogP contribution in [-0.4, -0.2) is 38.7 Å². The molecule has 2 atom stereocenters. The lowest BCUT2D eigenvalue weighted by atomic mass is 9.82. The molecule has 170 valence electrons. The van der Waals surface area contributed by atoms with E-state index < -0.39 is 0 Å². The third kappa shape index (κ3) is 5.88. The third-order valence-corrected chi connectivity index (χ3v) is 6.27. The number of benzene rings is 2. The molecule has 0 spiro atoms. The number of likely N-dealkylation sites (tertiary alicyclic amines) is 1. The molecular weight excluding hydrogens is 511 g/mol. The van der Waals surface area contributed by atoms with Gasteiger partial charge in [-0.05, 0) is 36.3 Å². The highest BCUT2D eigenvalue weighted by Crippen LogP contribution is 2.32. The first kappa shape index (κ1) is 24.2. The van der Waals surface area contributed by atoms with Gasteiger partial charge in [0.2, 0.25) is 0 Å². The van der Waals surface area contributed by atoms with Gasteiger partial charge in [-0.3, -0.25) is 0 Å². The maximum absolute atomic E-state index is 4.98. The molecule has 2 unspecified atom stereocenters. The summed E-state index contributed by atoms with van der Waals surface area (Å²) in [7, 11) is 2.00. The van der Waals surface area contributed by atoms with Gasteiger partial charge in [0.1, 0.15) is 5.82 Å². The molecule has 1 aliphatic rings. The highest BCUT2D eigenvalue weighted by molar-refractivity contribution is 14.0. The summed E-state index contributed by atoms with van der Waals surface area (Å²) in [5.41, 5.74) is 2.66. The van der Waals surface area contributed by atoms with Gasteiger partial charge in [0, 0.05) is 20.1 Å². The van der Waals surface area contributed by atoms with Gasteiger partial charge in [0.05, 0.1) is 13.1 Å². The molecule has 0 bridgehead atoms. The molecule has 2 aromatic carbocycles. The average molecular weight is 544 g/mol. The Morgan fingerprint density at radius 2 is 1.75 bits per heavy atom. The fourth-order valence-corrected chi connectivity index (χ4v) is 4.31. The summed E-state index contributed by atoms with van der Waals surface area (Å²) in [6.07, 6.45) is 1.13. The summed E-state index contributed by atoms with van der Waals surface area (Å²) in [6.45, 7) is 7.56. The van der Waals surface area contributed by atoms with Crippen molar-refractivity contribution in [3.63, 3.8) is 0 Å². The number of halogens is 1. The highest BCUT2D eigenvalue weighted by Gasteiger charge is 2.29. The maximum Gasteiger partial charge on any atom is 0.194 e. The fraction of sp³-hybridized carbons (Fsp3) is 0.400.